The average Bonchev–Trinajstić information content (AvgIpc) is 2.13. The number of rotatable bonds is 7. The van der Waals surface area contributed by atoms with Crippen LogP contribution in [0.15, 0.2) is 0 Å². The summed E-state index contributed by atoms with van der Waals surface area (Å²) in [6, 6.07) is 0. The van der Waals surface area contributed by atoms with Crippen LogP contribution in [0.2, 0.25) is 0 Å². The second-order valence-electron chi connectivity index (χ2n) is 2.64. The van der Waals surface area contributed by atoms with Crippen molar-refractivity contribution in [3.63, 3.8) is 0 Å². The van der Waals surface area contributed by atoms with Gasteiger partial charge in [0.15, 0.2) is 0 Å². The van der Waals surface area contributed by atoms with Crippen LogP contribution in [-0.2, 0) is 9.53 Å². The molecule has 0 aromatic rings. The summed E-state index contributed by atoms with van der Waals surface area (Å²) in [4.78, 5) is 11.1. The van der Waals surface area contributed by atoms with Gasteiger partial charge in [-0.2, -0.15) is 0 Å². The van der Waals surface area contributed by atoms with Crippen LogP contribution in [0.1, 0.15) is 19.8 Å². The van der Waals surface area contributed by atoms with Crippen molar-refractivity contribution in [3.05, 3.63) is 0 Å². The highest BCUT2D eigenvalue weighted by Gasteiger charge is 1.98. The number of hydrogen-bond donors (Lipinski definition) is 1. The first-order valence-corrected chi connectivity index (χ1v) is 4.42. The van der Waals surface area contributed by atoms with E-state index < -0.39 is 0 Å². The number of carbonyl (C=O) groups excluding carboxylic acids is 1. The van der Waals surface area contributed by atoms with Crippen molar-refractivity contribution in [2.75, 3.05) is 26.8 Å². The molecule has 0 aromatic carbocycles. The monoisotopic (exact) mass is 183 g/mol. The van der Waals surface area contributed by atoms with Gasteiger partial charge in [0.1, 0.15) is 5.78 Å². The predicted molar refractivity (Wildman–Crippen MR) is 52.4 cm³/mol. The molecule has 1 N–H and O–H groups in total. The van der Waals surface area contributed by atoms with E-state index in [1.807, 2.05) is 0 Å². The van der Waals surface area contributed by atoms with Gasteiger partial charge < -0.3 is 10.1 Å². The van der Waals surface area contributed by atoms with Crippen molar-refractivity contribution >= 4 is 5.78 Å². The van der Waals surface area contributed by atoms with E-state index in [-0.39, 0.29) is 5.78 Å². The summed E-state index contributed by atoms with van der Waals surface area (Å²) in [5.41, 5.74) is 0. The molecule has 74 valence electrons. The van der Waals surface area contributed by atoms with Gasteiger partial charge in [-0.25, -0.2) is 0 Å². The molecule has 3 heteroatoms. The molecular formula is C10H17NO2. The van der Waals surface area contributed by atoms with Crippen LogP contribution in [-0.4, -0.2) is 32.6 Å². The van der Waals surface area contributed by atoms with Gasteiger partial charge in [0, 0.05) is 26.5 Å². The highest BCUT2D eigenvalue weighted by molar-refractivity contribution is 5.80. The summed E-state index contributed by atoms with van der Waals surface area (Å²) >= 11 is 0. The second kappa shape index (κ2) is 9.24. The van der Waals surface area contributed by atoms with E-state index in [1.165, 1.54) is 0 Å². The van der Waals surface area contributed by atoms with E-state index in [2.05, 4.69) is 17.2 Å². The lowest BCUT2D eigenvalue weighted by Gasteiger charge is -2.01. The van der Waals surface area contributed by atoms with Crippen LogP contribution < -0.4 is 5.32 Å². The van der Waals surface area contributed by atoms with E-state index in [4.69, 9.17) is 4.74 Å². The summed E-state index contributed by atoms with van der Waals surface area (Å²) in [5, 5.41) is 2.99. The third-order valence-corrected chi connectivity index (χ3v) is 1.51. The Labute approximate surface area is 79.8 Å². The molecule has 0 aliphatic rings. The van der Waals surface area contributed by atoms with Gasteiger partial charge in [0.05, 0.1) is 13.2 Å². The highest BCUT2D eigenvalue weighted by atomic mass is 16.5. The van der Waals surface area contributed by atoms with Gasteiger partial charge in [0.2, 0.25) is 0 Å². The largest absolute Gasteiger partial charge is 0.383 e. The normalized spacial score (nSPS) is 9.08. The Hall–Kier alpha value is -0.850. The molecule has 0 unspecified atom stereocenters. The van der Waals surface area contributed by atoms with E-state index in [1.54, 1.807) is 14.0 Å². The number of ketones is 1. The Balaban J connectivity index is 3.23. The summed E-state index contributed by atoms with van der Waals surface area (Å²) < 4.78 is 4.83. The molecule has 0 atom stereocenters. The maximum atomic E-state index is 11.1. The molecule has 0 amide bonds. The Kier molecular flexibility index (Phi) is 8.64. The van der Waals surface area contributed by atoms with Crippen molar-refractivity contribution in [2.45, 2.75) is 19.8 Å². The van der Waals surface area contributed by atoms with Gasteiger partial charge in [-0.3, -0.25) is 4.79 Å². The molecule has 0 spiro atoms. The number of carbonyl (C=O) groups is 1. The first-order chi connectivity index (χ1) is 6.31. The Morgan fingerprint density at radius 1 is 1.54 bits per heavy atom. The number of nitrogens with one attached hydrogen (secondary N) is 1. The molecule has 0 saturated carbocycles. The summed E-state index contributed by atoms with van der Waals surface area (Å²) in [6.45, 7) is 3.57. The Morgan fingerprint density at radius 3 is 2.92 bits per heavy atom. The predicted octanol–water partition coefficient (Wildman–Crippen LogP) is 0.595. The maximum Gasteiger partial charge on any atom is 0.147 e. The molecule has 0 rings (SSSR count). The average molecular weight is 183 g/mol. The molecule has 0 aliphatic carbocycles. The van der Waals surface area contributed by atoms with Crippen LogP contribution in [0.5, 0.6) is 0 Å². The molecule has 0 aromatic heterocycles. The zero-order valence-corrected chi connectivity index (χ0v) is 8.35. The number of methoxy groups -OCH3 is 1. The minimum Gasteiger partial charge on any atom is -0.383 e. The fraction of sp³-hybridized carbons (Fsp3) is 0.700. The van der Waals surface area contributed by atoms with Gasteiger partial charge in [-0.05, 0) is 6.92 Å². The maximum absolute atomic E-state index is 11.1. The lowest BCUT2D eigenvalue weighted by atomic mass is 10.2. The Bertz CT molecular complexity index is 191. The number of hydrogen-bond acceptors (Lipinski definition) is 3. The van der Waals surface area contributed by atoms with E-state index in [0.29, 0.717) is 26.0 Å². The lowest BCUT2D eigenvalue weighted by Crippen LogP contribution is -2.26. The van der Waals surface area contributed by atoms with Crippen molar-refractivity contribution in [2.24, 2.45) is 0 Å². The summed E-state index contributed by atoms with van der Waals surface area (Å²) in [5.74, 6) is 5.82. The van der Waals surface area contributed by atoms with Gasteiger partial charge in [-0.1, -0.05) is 0 Å². The van der Waals surface area contributed by atoms with Crippen molar-refractivity contribution in [3.8, 4) is 11.8 Å². The van der Waals surface area contributed by atoms with Crippen molar-refractivity contribution < 1.29 is 9.53 Å². The summed E-state index contributed by atoms with van der Waals surface area (Å²) in [7, 11) is 1.64. The third kappa shape index (κ3) is 9.06. The van der Waals surface area contributed by atoms with Crippen molar-refractivity contribution in [1.82, 2.24) is 5.32 Å². The number of ether oxygens (including phenoxy) is 1. The molecule has 3 nitrogen and oxygen atoms in total. The van der Waals surface area contributed by atoms with E-state index in [9.17, 15) is 4.79 Å². The highest BCUT2D eigenvalue weighted by Crippen LogP contribution is 1.87. The lowest BCUT2D eigenvalue weighted by molar-refractivity contribution is -0.118. The molecule has 0 bridgehead atoms. The number of Topliss-reactive ketones (excluding diaryl/α,β-unsaturated/α-hetero) is 1. The Morgan fingerprint density at radius 2 is 2.31 bits per heavy atom. The smallest absolute Gasteiger partial charge is 0.147 e. The van der Waals surface area contributed by atoms with Crippen LogP contribution in [0, 0.1) is 11.8 Å². The fourth-order valence-electron chi connectivity index (χ4n) is 0.817. The summed E-state index contributed by atoms with van der Waals surface area (Å²) in [6.07, 6.45) is 1.21. The van der Waals surface area contributed by atoms with E-state index >= 15 is 0 Å². The van der Waals surface area contributed by atoms with Crippen LogP contribution in [0.25, 0.3) is 0 Å². The minimum atomic E-state index is 0.207. The molecule has 0 heterocycles. The second-order valence-corrected chi connectivity index (χ2v) is 2.64. The third-order valence-electron chi connectivity index (χ3n) is 1.51. The quantitative estimate of drug-likeness (QED) is 0.464. The first kappa shape index (κ1) is 12.2. The molecule has 0 aliphatic heterocycles. The molecule has 13 heavy (non-hydrogen) atoms. The topological polar surface area (TPSA) is 38.3 Å². The van der Waals surface area contributed by atoms with Crippen molar-refractivity contribution in [1.29, 1.82) is 0 Å². The van der Waals surface area contributed by atoms with Crippen LogP contribution in [0.4, 0.5) is 0 Å². The SMILES string of the molecule is CC#CCCC(=O)CNCCOC. The zero-order valence-electron chi connectivity index (χ0n) is 8.35. The van der Waals surface area contributed by atoms with Crippen LogP contribution >= 0.6 is 0 Å². The van der Waals surface area contributed by atoms with E-state index in [0.717, 1.165) is 6.54 Å². The fourth-order valence-corrected chi connectivity index (χ4v) is 0.817. The standard InChI is InChI=1S/C10H17NO2/c1-3-4-5-6-10(12)9-11-7-8-13-2/h11H,5-9H2,1-2H3. The van der Waals surface area contributed by atoms with Crippen LogP contribution in [0.3, 0.4) is 0 Å². The van der Waals surface area contributed by atoms with Gasteiger partial charge in [0.25, 0.3) is 0 Å². The zero-order chi connectivity index (χ0) is 9.94. The van der Waals surface area contributed by atoms with Gasteiger partial charge in [-0.15, -0.1) is 11.8 Å². The van der Waals surface area contributed by atoms with Gasteiger partial charge >= 0.3 is 0 Å². The molecular weight excluding hydrogens is 166 g/mol. The molecule has 0 fully saturated rings. The first-order valence-electron chi connectivity index (χ1n) is 4.42. The minimum absolute atomic E-state index is 0.207. The molecule has 0 radical (unpaired) electrons. The molecule has 0 saturated heterocycles.